The molecule has 1 aromatic carbocycles. The molecule has 2 rings (SSSR count). The van der Waals surface area contributed by atoms with Crippen LogP contribution in [0.3, 0.4) is 0 Å². The SMILES string of the molecule is CN1C(N)=NCC1c1ccc(Cl)cc1Cl. The van der Waals surface area contributed by atoms with Crippen molar-refractivity contribution in [3.8, 4) is 0 Å². The van der Waals surface area contributed by atoms with E-state index in [1.807, 2.05) is 24.1 Å². The van der Waals surface area contributed by atoms with E-state index in [1.54, 1.807) is 6.07 Å². The molecule has 2 N–H and O–H groups in total. The number of rotatable bonds is 1. The molecule has 1 aliphatic rings. The maximum Gasteiger partial charge on any atom is 0.191 e. The molecule has 5 heteroatoms. The average Bonchev–Trinajstić information content (AvgIpc) is 2.49. The fourth-order valence-electron chi connectivity index (χ4n) is 1.65. The number of benzene rings is 1. The highest BCUT2D eigenvalue weighted by molar-refractivity contribution is 6.35. The lowest BCUT2D eigenvalue weighted by Gasteiger charge is -2.22. The summed E-state index contributed by atoms with van der Waals surface area (Å²) in [6.45, 7) is 0.643. The molecule has 1 heterocycles. The zero-order valence-corrected chi connectivity index (χ0v) is 9.76. The van der Waals surface area contributed by atoms with Gasteiger partial charge in [0, 0.05) is 17.1 Å². The van der Waals surface area contributed by atoms with Gasteiger partial charge in [-0.3, -0.25) is 4.99 Å². The van der Waals surface area contributed by atoms with Gasteiger partial charge >= 0.3 is 0 Å². The van der Waals surface area contributed by atoms with Gasteiger partial charge in [0.05, 0.1) is 12.6 Å². The maximum absolute atomic E-state index is 6.12. The van der Waals surface area contributed by atoms with Gasteiger partial charge in [0.15, 0.2) is 5.96 Å². The first-order valence-corrected chi connectivity index (χ1v) is 5.33. The number of aliphatic imine (C=N–C) groups is 1. The van der Waals surface area contributed by atoms with E-state index in [-0.39, 0.29) is 6.04 Å². The summed E-state index contributed by atoms with van der Waals surface area (Å²) < 4.78 is 0. The third-order valence-electron chi connectivity index (χ3n) is 2.58. The van der Waals surface area contributed by atoms with Crippen LogP contribution in [0.25, 0.3) is 0 Å². The smallest absolute Gasteiger partial charge is 0.191 e. The number of likely N-dealkylation sites (N-methyl/N-ethyl adjacent to an activating group) is 1. The third-order valence-corrected chi connectivity index (χ3v) is 3.14. The molecular weight excluding hydrogens is 233 g/mol. The Labute approximate surface area is 98.5 Å². The first-order chi connectivity index (χ1) is 7.09. The van der Waals surface area contributed by atoms with Crippen molar-refractivity contribution in [2.45, 2.75) is 6.04 Å². The van der Waals surface area contributed by atoms with Crippen LogP contribution in [0.5, 0.6) is 0 Å². The lowest BCUT2D eigenvalue weighted by molar-refractivity contribution is 0.414. The van der Waals surface area contributed by atoms with E-state index in [1.165, 1.54) is 0 Å². The second-order valence-corrected chi connectivity index (χ2v) is 4.34. The number of nitrogens with zero attached hydrogens (tertiary/aromatic N) is 2. The molecule has 3 nitrogen and oxygen atoms in total. The van der Waals surface area contributed by atoms with Gasteiger partial charge in [-0.1, -0.05) is 29.3 Å². The van der Waals surface area contributed by atoms with Gasteiger partial charge in [-0.2, -0.15) is 0 Å². The molecule has 0 fully saturated rings. The molecule has 0 aliphatic carbocycles. The van der Waals surface area contributed by atoms with Crippen molar-refractivity contribution >= 4 is 29.2 Å². The van der Waals surface area contributed by atoms with Gasteiger partial charge in [0.25, 0.3) is 0 Å². The Balaban J connectivity index is 2.32. The van der Waals surface area contributed by atoms with Crippen LogP contribution in [0.1, 0.15) is 11.6 Å². The maximum atomic E-state index is 6.12. The van der Waals surface area contributed by atoms with Crippen molar-refractivity contribution in [2.24, 2.45) is 10.7 Å². The summed E-state index contributed by atoms with van der Waals surface area (Å²) >= 11 is 12.0. The summed E-state index contributed by atoms with van der Waals surface area (Å²) in [7, 11) is 1.90. The van der Waals surface area contributed by atoms with Crippen LogP contribution in [0, 0.1) is 0 Å². The number of hydrogen-bond donors (Lipinski definition) is 1. The van der Waals surface area contributed by atoms with Crippen LogP contribution >= 0.6 is 23.2 Å². The minimum absolute atomic E-state index is 0.120. The monoisotopic (exact) mass is 243 g/mol. The van der Waals surface area contributed by atoms with Crippen molar-refractivity contribution in [2.75, 3.05) is 13.6 Å². The molecule has 0 amide bonds. The van der Waals surface area contributed by atoms with Gasteiger partial charge < -0.3 is 10.6 Å². The standard InChI is InChI=1S/C10H11Cl2N3/c1-15-9(5-14-10(15)13)7-3-2-6(11)4-8(7)12/h2-4,9H,5H2,1H3,(H2,13,14). The van der Waals surface area contributed by atoms with Crippen LogP contribution < -0.4 is 5.73 Å². The van der Waals surface area contributed by atoms with E-state index < -0.39 is 0 Å². The van der Waals surface area contributed by atoms with Crippen LogP contribution in [0.4, 0.5) is 0 Å². The average molecular weight is 244 g/mol. The second-order valence-electron chi connectivity index (χ2n) is 3.49. The summed E-state index contributed by atoms with van der Waals surface area (Å²) in [6.07, 6.45) is 0. The highest BCUT2D eigenvalue weighted by Gasteiger charge is 2.25. The molecule has 0 spiro atoms. The van der Waals surface area contributed by atoms with E-state index in [0.29, 0.717) is 22.5 Å². The molecule has 0 radical (unpaired) electrons. The fourth-order valence-corrected chi connectivity index (χ4v) is 2.19. The van der Waals surface area contributed by atoms with E-state index in [2.05, 4.69) is 4.99 Å². The largest absolute Gasteiger partial charge is 0.370 e. The first-order valence-electron chi connectivity index (χ1n) is 4.57. The van der Waals surface area contributed by atoms with Crippen molar-refractivity contribution in [1.29, 1.82) is 0 Å². The molecule has 1 unspecified atom stereocenters. The zero-order valence-electron chi connectivity index (χ0n) is 8.24. The molecule has 1 aliphatic heterocycles. The zero-order chi connectivity index (χ0) is 11.0. The Morgan fingerprint density at radius 3 is 2.73 bits per heavy atom. The van der Waals surface area contributed by atoms with Crippen LogP contribution in [-0.4, -0.2) is 24.5 Å². The van der Waals surface area contributed by atoms with Gasteiger partial charge in [0.2, 0.25) is 0 Å². The Morgan fingerprint density at radius 2 is 2.20 bits per heavy atom. The highest BCUT2D eigenvalue weighted by atomic mass is 35.5. The molecule has 1 aromatic rings. The van der Waals surface area contributed by atoms with Crippen molar-refractivity contribution in [1.82, 2.24) is 4.90 Å². The van der Waals surface area contributed by atoms with Gasteiger partial charge in [-0.15, -0.1) is 0 Å². The van der Waals surface area contributed by atoms with E-state index in [9.17, 15) is 0 Å². The van der Waals surface area contributed by atoms with Crippen LogP contribution in [0.2, 0.25) is 10.0 Å². The number of halogens is 2. The predicted molar refractivity (Wildman–Crippen MR) is 63.5 cm³/mol. The summed E-state index contributed by atoms with van der Waals surface area (Å²) in [5, 5.41) is 1.29. The lowest BCUT2D eigenvalue weighted by Crippen LogP contribution is -2.32. The van der Waals surface area contributed by atoms with Gasteiger partial charge in [-0.25, -0.2) is 0 Å². The summed E-state index contributed by atoms with van der Waals surface area (Å²) in [5.41, 5.74) is 6.70. The second kappa shape index (κ2) is 3.91. The Kier molecular flexibility index (Phi) is 2.76. The Hall–Kier alpha value is -0.930. The van der Waals surface area contributed by atoms with E-state index >= 15 is 0 Å². The molecule has 0 saturated heterocycles. The normalized spacial score (nSPS) is 20.6. The Morgan fingerprint density at radius 1 is 1.47 bits per heavy atom. The highest BCUT2D eigenvalue weighted by Crippen LogP contribution is 2.31. The van der Waals surface area contributed by atoms with Crippen molar-refractivity contribution in [3.63, 3.8) is 0 Å². The minimum Gasteiger partial charge on any atom is -0.370 e. The van der Waals surface area contributed by atoms with E-state index in [4.69, 9.17) is 28.9 Å². The summed E-state index contributed by atoms with van der Waals surface area (Å²) in [5.74, 6) is 0.547. The number of nitrogens with two attached hydrogens (primary N) is 1. The molecule has 0 aromatic heterocycles. The fraction of sp³-hybridized carbons (Fsp3) is 0.300. The summed E-state index contributed by atoms with van der Waals surface area (Å²) in [4.78, 5) is 6.08. The number of hydrogen-bond acceptors (Lipinski definition) is 3. The third kappa shape index (κ3) is 1.90. The first kappa shape index (κ1) is 10.6. The Bertz CT molecular complexity index is 417. The lowest BCUT2D eigenvalue weighted by atomic mass is 10.1. The van der Waals surface area contributed by atoms with Crippen molar-refractivity contribution < 1.29 is 0 Å². The van der Waals surface area contributed by atoms with Gasteiger partial charge in [0.1, 0.15) is 0 Å². The predicted octanol–water partition coefficient (Wildman–Crippen LogP) is 2.29. The summed E-state index contributed by atoms with van der Waals surface area (Å²) in [6, 6.07) is 5.60. The molecule has 80 valence electrons. The molecule has 0 saturated carbocycles. The molecular formula is C10H11Cl2N3. The quantitative estimate of drug-likeness (QED) is 0.823. The van der Waals surface area contributed by atoms with Crippen LogP contribution in [-0.2, 0) is 0 Å². The minimum atomic E-state index is 0.120. The topological polar surface area (TPSA) is 41.6 Å². The van der Waals surface area contributed by atoms with Crippen molar-refractivity contribution in [3.05, 3.63) is 33.8 Å². The molecule has 1 atom stereocenters. The molecule has 0 bridgehead atoms. The molecule has 15 heavy (non-hydrogen) atoms. The van der Waals surface area contributed by atoms with Gasteiger partial charge in [-0.05, 0) is 17.7 Å². The number of guanidine groups is 1. The van der Waals surface area contributed by atoms with Crippen LogP contribution in [0.15, 0.2) is 23.2 Å². The van der Waals surface area contributed by atoms with E-state index in [0.717, 1.165) is 5.56 Å².